The number of benzene rings is 4. The first-order valence-corrected chi connectivity index (χ1v) is 14.6. The van der Waals surface area contributed by atoms with Crippen molar-refractivity contribution in [1.29, 1.82) is 0 Å². The van der Waals surface area contributed by atoms with E-state index >= 15 is 0 Å². The fourth-order valence-electron chi connectivity index (χ4n) is 5.08. The molecule has 9 heteroatoms. The van der Waals surface area contributed by atoms with Gasteiger partial charge in [-0.3, -0.25) is 14.4 Å². The van der Waals surface area contributed by atoms with Crippen LogP contribution in [0.3, 0.4) is 0 Å². The van der Waals surface area contributed by atoms with Crippen LogP contribution >= 0.6 is 22.9 Å². The third-order valence-corrected chi connectivity index (χ3v) is 8.59. The fourth-order valence-corrected chi connectivity index (χ4v) is 6.27. The van der Waals surface area contributed by atoms with Crippen molar-refractivity contribution in [1.82, 2.24) is 9.88 Å². The van der Waals surface area contributed by atoms with E-state index in [4.69, 9.17) is 16.6 Å². The largest absolute Gasteiger partial charge is 0.325 e. The van der Waals surface area contributed by atoms with Crippen molar-refractivity contribution < 1.29 is 18.8 Å². The standard InChI is InChI=1S/C33H25ClFN3O3S/c1-20-2-15-27-29(16-20)42-32(36-27)23-7-13-26(14-8-23)38-31(40)18-28(33(38)41)37(19-22-5-11-25(35)12-6-22)30(39)17-21-3-9-24(34)10-4-21/h2-16,28H,17-19H2,1H3. The highest BCUT2D eigenvalue weighted by Gasteiger charge is 2.44. The Morgan fingerprint density at radius 1 is 0.976 bits per heavy atom. The van der Waals surface area contributed by atoms with Gasteiger partial charge < -0.3 is 4.90 Å². The second kappa shape index (κ2) is 11.5. The molecule has 1 atom stereocenters. The van der Waals surface area contributed by atoms with Gasteiger partial charge in [0, 0.05) is 17.1 Å². The quantitative estimate of drug-likeness (QED) is 0.190. The van der Waals surface area contributed by atoms with E-state index < -0.39 is 23.7 Å². The molecule has 0 radical (unpaired) electrons. The first kappa shape index (κ1) is 27.8. The maximum absolute atomic E-state index is 13.7. The number of imide groups is 1. The van der Waals surface area contributed by atoms with Crippen LogP contribution in [-0.4, -0.2) is 33.6 Å². The number of nitrogens with zero attached hydrogens (tertiary/aromatic N) is 3. The van der Waals surface area contributed by atoms with Crippen LogP contribution in [0.1, 0.15) is 23.1 Å². The average molecular weight is 598 g/mol. The summed E-state index contributed by atoms with van der Waals surface area (Å²) >= 11 is 7.58. The molecule has 0 saturated carbocycles. The monoisotopic (exact) mass is 597 g/mol. The summed E-state index contributed by atoms with van der Waals surface area (Å²) in [6.45, 7) is 2.09. The van der Waals surface area contributed by atoms with Crippen molar-refractivity contribution in [3.8, 4) is 10.6 Å². The molecule has 3 amide bonds. The van der Waals surface area contributed by atoms with Gasteiger partial charge in [0.1, 0.15) is 16.9 Å². The first-order valence-electron chi connectivity index (χ1n) is 13.4. The van der Waals surface area contributed by atoms with Crippen LogP contribution in [0.2, 0.25) is 5.02 Å². The van der Waals surface area contributed by atoms with Crippen molar-refractivity contribution in [3.05, 3.63) is 119 Å². The minimum absolute atomic E-state index is 0.0206. The second-order valence-corrected chi connectivity index (χ2v) is 11.7. The Morgan fingerprint density at radius 2 is 1.67 bits per heavy atom. The van der Waals surface area contributed by atoms with E-state index in [1.54, 1.807) is 59.9 Å². The van der Waals surface area contributed by atoms with E-state index in [9.17, 15) is 18.8 Å². The number of thiazole rings is 1. The average Bonchev–Trinajstić information content (AvgIpc) is 3.53. The van der Waals surface area contributed by atoms with E-state index in [2.05, 4.69) is 6.07 Å². The summed E-state index contributed by atoms with van der Waals surface area (Å²) in [6.07, 6.45) is -0.127. The molecule has 0 spiro atoms. The van der Waals surface area contributed by atoms with E-state index in [0.717, 1.165) is 36.8 Å². The van der Waals surface area contributed by atoms with Crippen molar-refractivity contribution in [2.75, 3.05) is 4.90 Å². The number of amides is 3. The molecule has 2 heterocycles. The number of hydrogen-bond donors (Lipinski definition) is 0. The van der Waals surface area contributed by atoms with Crippen LogP contribution in [0.25, 0.3) is 20.8 Å². The number of fused-ring (bicyclic) bond motifs is 1. The smallest absolute Gasteiger partial charge is 0.257 e. The molecule has 5 aromatic rings. The van der Waals surface area contributed by atoms with Crippen LogP contribution in [0.15, 0.2) is 91.0 Å². The summed E-state index contributed by atoms with van der Waals surface area (Å²) in [5.41, 5.74) is 4.76. The van der Waals surface area contributed by atoms with Gasteiger partial charge in [-0.25, -0.2) is 14.3 Å². The lowest BCUT2D eigenvalue weighted by molar-refractivity contribution is -0.138. The molecular weight excluding hydrogens is 573 g/mol. The van der Waals surface area contributed by atoms with E-state index in [1.165, 1.54) is 17.0 Å². The molecular formula is C33H25ClFN3O3S. The third kappa shape index (κ3) is 5.68. The molecule has 1 aliphatic rings. The van der Waals surface area contributed by atoms with E-state index in [0.29, 0.717) is 16.3 Å². The van der Waals surface area contributed by atoms with Gasteiger partial charge in [0.25, 0.3) is 5.91 Å². The van der Waals surface area contributed by atoms with Gasteiger partial charge in [-0.05, 0) is 84.3 Å². The lowest BCUT2D eigenvalue weighted by atomic mass is 10.1. The Hall–Kier alpha value is -4.40. The summed E-state index contributed by atoms with van der Waals surface area (Å²) in [7, 11) is 0. The van der Waals surface area contributed by atoms with Gasteiger partial charge >= 0.3 is 0 Å². The molecule has 6 rings (SSSR count). The third-order valence-electron chi connectivity index (χ3n) is 7.27. The minimum Gasteiger partial charge on any atom is -0.325 e. The zero-order chi connectivity index (χ0) is 29.4. The van der Waals surface area contributed by atoms with Crippen LogP contribution in [0.4, 0.5) is 10.1 Å². The number of rotatable bonds is 7. The first-order chi connectivity index (χ1) is 20.2. The molecule has 6 nitrogen and oxygen atoms in total. The molecule has 4 aromatic carbocycles. The molecule has 1 saturated heterocycles. The Bertz CT molecular complexity index is 1800. The Kier molecular flexibility index (Phi) is 7.58. The zero-order valence-corrected chi connectivity index (χ0v) is 24.2. The summed E-state index contributed by atoms with van der Waals surface area (Å²) in [6, 6.07) is 24.9. The normalized spacial score (nSPS) is 15.0. The van der Waals surface area contributed by atoms with Gasteiger partial charge in [-0.2, -0.15) is 0 Å². The van der Waals surface area contributed by atoms with Crippen molar-refractivity contribution >= 4 is 56.6 Å². The van der Waals surface area contributed by atoms with Crippen molar-refractivity contribution in [2.45, 2.75) is 32.4 Å². The molecule has 1 unspecified atom stereocenters. The number of anilines is 1. The van der Waals surface area contributed by atoms with Gasteiger partial charge in [-0.1, -0.05) is 41.9 Å². The topological polar surface area (TPSA) is 70.6 Å². The molecule has 0 bridgehead atoms. The molecule has 0 aliphatic carbocycles. The molecule has 42 heavy (non-hydrogen) atoms. The van der Waals surface area contributed by atoms with Crippen LogP contribution in [0, 0.1) is 12.7 Å². The molecule has 1 aromatic heterocycles. The van der Waals surface area contributed by atoms with E-state index in [-0.39, 0.29) is 25.3 Å². The lowest BCUT2D eigenvalue weighted by Crippen LogP contribution is -2.45. The molecule has 0 N–H and O–H groups in total. The van der Waals surface area contributed by atoms with Crippen molar-refractivity contribution in [2.24, 2.45) is 0 Å². The minimum atomic E-state index is -0.991. The Labute approximate surface area is 251 Å². The molecule has 210 valence electrons. The van der Waals surface area contributed by atoms with Gasteiger partial charge in [0.2, 0.25) is 11.8 Å². The SMILES string of the molecule is Cc1ccc2nc(-c3ccc(N4C(=O)CC(N(Cc5ccc(F)cc5)C(=O)Cc5ccc(Cl)cc5)C4=O)cc3)sc2c1. The number of hydrogen-bond acceptors (Lipinski definition) is 5. The highest BCUT2D eigenvalue weighted by atomic mass is 35.5. The number of aryl methyl sites for hydroxylation is 1. The summed E-state index contributed by atoms with van der Waals surface area (Å²) < 4.78 is 14.7. The number of carbonyl (C=O) groups excluding carboxylic acids is 3. The maximum atomic E-state index is 13.7. The summed E-state index contributed by atoms with van der Waals surface area (Å²) in [4.78, 5) is 47.8. The number of carbonyl (C=O) groups is 3. The summed E-state index contributed by atoms with van der Waals surface area (Å²) in [5.74, 6) is -1.59. The molecule has 1 fully saturated rings. The second-order valence-electron chi connectivity index (χ2n) is 10.3. The van der Waals surface area contributed by atoms with Gasteiger partial charge in [-0.15, -0.1) is 11.3 Å². The number of halogens is 2. The predicted octanol–water partition coefficient (Wildman–Crippen LogP) is 6.97. The van der Waals surface area contributed by atoms with Crippen LogP contribution in [0.5, 0.6) is 0 Å². The van der Waals surface area contributed by atoms with E-state index in [1.807, 2.05) is 31.2 Å². The van der Waals surface area contributed by atoms with Crippen LogP contribution in [-0.2, 0) is 27.3 Å². The number of aromatic nitrogens is 1. The predicted molar refractivity (Wildman–Crippen MR) is 163 cm³/mol. The van der Waals surface area contributed by atoms with Crippen molar-refractivity contribution in [3.63, 3.8) is 0 Å². The highest BCUT2D eigenvalue weighted by Crippen LogP contribution is 2.33. The van der Waals surface area contributed by atoms with Gasteiger partial charge in [0.05, 0.1) is 28.7 Å². The van der Waals surface area contributed by atoms with Crippen LogP contribution < -0.4 is 4.90 Å². The van der Waals surface area contributed by atoms with Gasteiger partial charge in [0.15, 0.2) is 0 Å². The Morgan fingerprint density at radius 3 is 2.38 bits per heavy atom. The maximum Gasteiger partial charge on any atom is 0.257 e. The fraction of sp³-hybridized carbons (Fsp3) is 0.152. The Balaban J connectivity index is 1.26. The highest BCUT2D eigenvalue weighted by molar-refractivity contribution is 7.21. The summed E-state index contributed by atoms with van der Waals surface area (Å²) in [5, 5.41) is 1.39. The molecule has 1 aliphatic heterocycles. The zero-order valence-electron chi connectivity index (χ0n) is 22.6. The lowest BCUT2D eigenvalue weighted by Gasteiger charge is -2.28.